The number of carbonyl (C=O) groups is 1. The molecular weight excluding hydrogens is 651 g/mol. The maximum Gasteiger partial charge on any atom is 0.247 e. The van der Waals surface area contributed by atoms with Crippen molar-refractivity contribution in [2.24, 2.45) is 5.41 Å². The summed E-state index contributed by atoms with van der Waals surface area (Å²) >= 11 is 0. The number of methoxy groups -OCH3 is 1. The van der Waals surface area contributed by atoms with Crippen molar-refractivity contribution in [3.05, 3.63) is 106 Å². The van der Waals surface area contributed by atoms with Gasteiger partial charge >= 0.3 is 0 Å². The molecular formula is C39H45N5O5S. The number of pyridine rings is 1. The van der Waals surface area contributed by atoms with Crippen molar-refractivity contribution in [2.45, 2.75) is 84.4 Å². The number of carbonyl (C=O) groups excluding carboxylic acids is 1. The zero-order valence-electron chi connectivity index (χ0n) is 29.8. The molecule has 3 aromatic carbocycles. The van der Waals surface area contributed by atoms with E-state index < -0.39 is 21.4 Å². The van der Waals surface area contributed by atoms with Gasteiger partial charge in [0.2, 0.25) is 10.0 Å². The van der Waals surface area contributed by atoms with Crippen LogP contribution in [0.5, 0.6) is 11.5 Å². The average Bonchev–Trinajstić information content (AvgIpc) is 3.51. The van der Waals surface area contributed by atoms with E-state index in [0.717, 1.165) is 38.9 Å². The van der Waals surface area contributed by atoms with Gasteiger partial charge in [0.25, 0.3) is 0 Å². The lowest BCUT2D eigenvalue weighted by Crippen LogP contribution is -2.37. The third-order valence-corrected chi connectivity index (χ3v) is 11.9. The van der Waals surface area contributed by atoms with E-state index >= 15 is 0 Å². The van der Waals surface area contributed by atoms with Crippen LogP contribution in [-0.2, 0) is 34.3 Å². The largest absolute Gasteiger partial charge is 0.494 e. The van der Waals surface area contributed by atoms with Crippen LogP contribution >= 0.6 is 0 Å². The number of hydrogen-bond donors (Lipinski definition) is 0. The van der Waals surface area contributed by atoms with Gasteiger partial charge in [-0.15, -0.1) is 5.10 Å². The van der Waals surface area contributed by atoms with E-state index in [0.29, 0.717) is 30.0 Å². The Bertz CT molecular complexity index is 2150. The minimum Gasteiger partial charge on any atom is -0.494 e. The number of rotatable bonds is 11. The Hall–Kier alpha value is -4.61. The number of ketones is 1. The monoisotopic (exact) mass is 695 g/mol. The van der Waals surface area contributed by atoms with Crippen LogP contribution in [0, 0.1) is 19.3 Å². The van der Waals surface area contributed by atoms with Crippen molar-refractivity contribution >= 4 is 26.8 Å². The highest BCUT2D eigenvalue weighted by Gasteiger charge is 2.41. The molecule has 5 aromatic rings. The highest BCUT2D eigenvalue weighted by molar-refractivity contribution is 7.89. The first-order valence-corrected chi connectivity index (χ1v) is 18.5. The Balaban J connectivity index is 1.50. The number of hydrogen-bond acceptors (Lipinski definition) is 8. The number of Topliss-reactive ketones (excluding diaryl/α,β-unsaturated/α-hetero) is 1. The number of aryl methyl sites for hydroxylation is 3. The SMILES string of the molecule is CC[C@@H]1CN(Cc2cc([C@@H](c3cc(OC)c4c(nnn4CC)c3C)C(C)(C)C(=O)Cc3cccnc3)ccc2C)S(=O)(=O)c2ccccc2O1. The molecule has 262 valence electrons. The lowest BCUT2D eigenvalue weighted by Gasteiger charge is -2.36. The minimum absolute atomic E-state index is 0.0444. The van der Waals surface area contributed by atoms with Gasteiger partial charge in [-0.1, -0.05) is 62.4 Å². The zero-order chi connectivity index (χ0) is 35.8. The number of fused-ring (bicyclic) bond motifs is 2. The second-order valence-corrected chi connectivity index (χ2v) is 15.5. The lowest BCUT2D eigenvalue weighted by molar-refractivity contribution is -0.127. The van der Waals surface area contributed by atoms with Crippen LogP contribution in [0.4, 0.5) is 0 Å². The fourth-order valence-corrected chi connectivity index (χ4v) is 8.61. The summed E-state index contributed by atoms with van der Waals surface area (Å²) in [6.45, 7) is 13.0. The molecule has 50 heavy (non-hydrogen) atoms. The van der Waals surface area contributed by atoms with Gasteiger partial charge in [0.1, 0.15) is 39.3 Å². The topological polar surface area (TPSA) is 117 Å². The zero-order valence-corrected chi connectivity index (χ0v) is 30.6. The van der Waals surface area contributed by atoms with E-state index in [4.69, 9.17) is 9.47 Å². The predicted molar refractivity (Wildman–Crippen MR) is 193 cm³/mol. The summed E-state index contributed by atoms with van der Waals surface area (Å²) in [6.07, 6.45) is 3.99. The Morgan fingerprint density at radius 2 is 1.86 bits per heavy atom. The van der Waals surface area contributed by atoms with Crippen molar-refractivity contribution in [1.82, 2.24) is 24.3 Å². The van der Waals surface area contributed by atoms with Crippen molar-refractivity contribution in [3.63, 3.8) is 0 Å². The van der Waals surface area contributed by atoms with Crippen LogP contribution in [0.1, 0.15) is 73.4 Å². The standard InChI is InChI=1S/C39H45N5O5S/c1-8-30-24-43(50(46,47)34-15-11-10-14-32(34)49-30)23-29-20-28(17-16-25(29)3)36(39(5,6)35(45)19-27-13-12-18-40-22-27)31-21-33(48-7)38-37(26(31)4)41-42-44(38)9-2/h10-18,20-22,30,36H,8-9,19,23-24H2,1-7H3/t30-,36+/m1/s1. The van der Waals surface area contributed by atoms with Crippen molar-refractivity contribution in [2.75, 3.05) is 13.7 Å². The van der Waals surface area contributed by atoms with Crippen molar-refractivity contribution in [3.8, 4) is 11.5 Å². The summed E-state index contributed by atoms with van der Waals surface area (Å²) in [6, 6.07) is 18.7. The molecule has 0 unspecified atom stereocenters. The highest BCUT2D eigenvalue weighted by atomic mass is 32.2. The molecule has 0 amide bonds. The van der Waals surface area contributed by atoms with Crippen LogP contribution < -0.4 is 9.47 Å². The summed E-state index contributed by atoms with van der Waals surface area (Å²) < 4.78 is 43.6. The molecule has 0 fully saturated rings. The van der Waals surface area contributed by atoms with Gasteiger partial charge in [-0.2, -0.15) is 4.31 Å². The molecule has 3 heterocycles. The molecule has 1 aliphatic rings. The Labute approximate surface area is 294 Å². The molecule has 6 rings (SSSR count). The second kappa shape index (κ2) is 14.0. The van der Waals surface area contributed by atoms with Crippen LogP contribution in [0.15, 0.2) is 78.0 Å². The maximum atomic E-state index is 14.4. The van der Waals surface area contributed by atoms with Crippen LogP contribution in [0.2, 0.25) is 0 Å². The van der Waals surface area contributed by atoms with Gasteiger partial charge in [0, 0.05) is 43.2 Å². The fourth-order valence-electron chi connectivity index (χ4n) is 7.04. The van der Waals surface area contributed by atoms with Gasteiger partial charge in [0.15, 0.2) is 0 Å². The molecule has 0 bridgehead atoms. The van der Waals surface area contributed by atoms with Gasteiger partial charge < -0.3 is 9.47 Å². The van der Waals surface area contributed by atoms with Crippen molar-refractivity contribution < 1.29 is 22.7 Å². The molecule has 0 saturated carbocycles. The predicted octanol–water partition coefficient (Wildman–Crippen LogP) is 6.80. The van der Waals surface area contributed by atoms with Crippen molar-refractivity contribution in [1.29, 1.82) is 0 Å². The van der Waals surface area contributed by atoms with Gasteiger partial charge in [-0.05, 0) is 84.8 Å². The molecule has 11 heteroatoms. The number of ether oxygens (including phenoxy) is 2. The summed E-state index contributed by atoms with van der Waals surface area (Å²) in [5, 5.41) is 8.94. The number of para-hydroxylation sites is 1. The van der Waals surface area contributed by atoms with E-state index in [2.05, 4.69) is 21.4 Å². The van der Waals surface area contributed by atoms with Crippen LogP contribution in [-0.4, -0.2) is 58.2 Å². The van der Waals surface area contributed by atoms with Gasteiger partial charge in [-0.25, -0.2) is 13.1 Å². The molecule has 0 aliphatic carbocycles. The van der Waals surface area contributed by atoms with E-state index in [1.165, 1.54) is 4.31 Å². The highest BCUT2D eigenvalue weighted by Crippen LogP contribution is 2.47. The summed E-state index contributed by atoms with van der Waals surface area (Å²) in [4.78, 5) is 18.8. The summed E-state index contributed by atoms with van der Waals surface area (Å²) in [7, 11) is -2.23. The normalized spacial score (nSPS) is 16.7. The molecule has 1 aliphatic heterocycles. The van der Waals surface area contributed by atoms with E-state index in [1.54, 1.807) is 43.8 Å². The third kappa shape index (κ3) is 6.40. The summed E-state index contributed by atoms with van der Waals surface area (Å²) in [5.41, 5.74) is 5.93. The first-order valence-electron chi connectivity index (χ1n) is 17.1. The number of sulfonamides is 1. The molecule has 0 spiro atoms. The smallest absolute Gasteiger partial charge is 0.247 e. The first kappa shape index (κ1) is 35.2. The fraction of sp³-hybridized carbons (Fsp3) is 0.385. The molecule has 0 saturated heterocycles. The molecule has 2 aromatic heterocycles. The Morgan fingerprint density at radius 3 is 2.56 bits per heavy atom. The molecule has 10 nitrogen and oxygen atoms in total. The van der Waals surface area contributed by atoms with Crippen LogP contribution in [0.25, 0.3) is 11.0 Å². The molecule has 2 atom stereocenters. The summed E-state index contributed by atoms with van der Waals surface area (Å²) in [5.74, 6) is 0.605. The second-order valence-electron chi connectivity index (χ2n) is 13.6. The van der Waals surface area contributed by atoms with E-state index in [-0.39, 0.29) is 36.3 Å². The first-order chi connectivity index (χ1) is 23.9. The maximum absolute atomic E-state index is 14.4. The third-order valence-electron chi connectivity index (χ3n) is 10.1. The Morgan fingerprint density at radius 1 is 1.08 bits per heavy atom. The number of aromatic nitrogens is 4. The lowest BCUT2D eigenvalue weighted by atomic mass is 9.66. The van der Waals surface area contributed by atoms with Gasteiger partial charge in [-0.3, -0.25) is 9.78 Å². The van der Waals surface area contributed by atoms with E-state index in [9.17, 15) is 13.2 Å². The molecule has 0 radical (unpaired) electrons. The quantitative estimate of drug-likeness (QED) is 0.148. The average molecular weight is 696 g/mol. The minimum atomic E-state index is -3.87. The number of benzene rings is 3. The molecule has 0 N–H and O–H groups in total. The van der Waals surface area contributed by atoms with Crippen LogP contribution in [0.3, 0.4) is 0 Å². The number of nitrogens with zero attached hydrogens (tertiary/aromatic N) is 5. The van der Waals surface area contributed by atoms with E-state index in [1.807, 2.05) is 76.6 Å². The van der Waals surface area contributed by atoms with Gasteiger partial charge in [0.05, 0.1) is 13.7 Å². The Kier molecular flexibility index (Phi) is 9.83.